The molecule has 0 aliphatic heterocycles. The number of amides is 2. The average molecular weight is 544 g/mol. The molecular weight excluding hydrogens is 520 g/mol. The summed E-state index contributed by atoms with van der Waals surface area (Å²) in [6, 6.07) is 6.67. The van der Waals surface area contributed by atoms with Gasteiger partial charge in [0.1, 0.15) is 17.5 Å². The lowest BCUT2D eigenvalue weighted by Gasteiger charge is -2.15. The predicted molar refractivity (Wildman–Crippen MR) is 137 cm³/mol. The summed E-state index contributed by atoms with van der Waals surface area (Å²) >= 11 is 3.26. The van der Waals surface area contributed by atoms with Crippen LogP contribution in [0.25, 0.3) is 0 Å². The molecule has 35 heavy (non-hydrogen) atoms. The first-order valence-corrected chi connectivity index (χ1v) is 11.4. The summed E-state index contributed by atoms with van der Waals surface area (Å²) in [5.74, 6) is -3.12. The highest BCUT2D eigenvalue weighted by Gasteiger charge is 2.20. The highest BCUT2D eigenvalue weighted by Crippen LogP contribution is 2.23. The quantitative estimate of drug-likeness (QED) is 0.446. The number of nitrogens with one attached hydrogen (secondary N) is 2. The van der Waals surface area contributed by atoms with Gasteiger partial charge < -0.3 is 15.5 Å². The molecule has 0 fully saturated rings. The first-order chi connectivity index (χ1) is 16.7. The molecule has 0 radical (unpaired) electrons. The molecule has 7 nitrogen and oxygen atoms in total. The van der Waals surface area contributed by atoms with Crippen molar-refractivity contribution in [1.82, 2.24) is 9.88 Å². The number of likely N-dealkylation sites (N-methyl/N-ethyl adjacent to an activating group) is 1. The number of carbonyl (C=O) groups is 2. The molecule has 182 valence electrons. The number of halogens is 3. The molecule has 1 aromatic carbocycles. The molecular formula is C25H24BrF2N5O2. The Balaban J connectivity index is 1.73. The molecule has 0 saturated carbocycles. The van der Waals surface area contributed by atoms with Crippen LogP contribution in [0.3, 0.4) is 0 Å². The molecule has 1 aliphatic rings. The van der Waals surface area contributed by atoms with Gasteiger partial charge in [0.2, 0.25) is 5.91 Å². The highest BCUT2D eigenvalue weighted by atomic mass is 79.9. The SMILES string of the molecule is C=NCCN(C)CC1=CC(F)=CC(C(=O)Nc2ccc(F)cc2C(=O)Nc2ccc(Br)cn2)C=C1. The minimum absolute atomic E-state index is 0.0855. The van der Waals surface area contributed by atoms with Crippen LogP contribution in [0, 0.1) is 11.7 Å². The lowest BCUT2D eigenvalue weighted by atomic mass is 10.1. The van der Waals surface area contributed by atoms with Crippen LogP contribution in [-0.4, -0.2) is 55.1 Å². The molecule has 1 heterocycles. The van der Waals surface area contributed by atoms with Gasteiger partial charge in [0.15, 0.2) is 0 Å². The fraction of sp³-hybridized carbons (Fsp3) is 0.200. The second-order valence-electron chi connectivity index (χ2n) is 7.84. The molecule has 2 N–H and O–H groups in total. The smallest absolute Gasteiger partial charge is 0.259 e. The third-order valence-corrected chi connectivity index (χ3v) is 5.50. The van der Waals surface area contributed by atoms with Crippen molar-refractivity contribution in [2.75, 3.05) is 37.3 Å². The summed E-state index contributed by atoms with van der Waals surface area (Å²) in [6.45, 7) is 5.13. The van der Waals surface area contributed by atoms with Gasteiger partial charge in [-0.05, 0) is 77.8 Å². The van der Waals surface area contributed by atoms with E-state index in [0.717, 1.165) is 16.6 Å². The number of anilines is 2. The fourth-order valence-electron chi connectivity index (χ4n) is 3.28. The first kappa shape index (κ1) is 26.1. The predicted octanol–water partition coefficient (Wildman–Crippen LogP) is 4.77. The Morgan fingerprint density at radius 1 is 1.23 bits per heavy atom. The van der Waals surface area contributed by atoms with Crippen molar-refractivity contribution in [1.29, 1.82) is 0 Å². The molecule has 3 rings (SSSR count). The Bertz CT molecular complexity index is 1190. The van der Waals surface area contributed by atoms with E-state index in [1.165, 1.54) is 24.4 Å². The van der Waals surface area contributed by atoms with Crippen LogP contribution in [0.4, 0.5) is 20.3 Å². The highest BCUT2D eigenvalue weighted by molar-refractivity contribution is 9.10. The second kappa shape index (κ2) is 12.3. The summed E-state index contributed by atoms with van der Waals surface area (Å²) in [5.41, 5.74) is 0.674. The molecule has 0 bridgehead atoms. The standard InChI is InChI=1S/C25H24BrF2N5O2/c1-29-9-10-33(2)15-16-3-4-17(12-20(28)11-16)24(34)31-22-7-6-19(27)13-21(22)25(35)32-23-8-5-18(26)14-30-23/h3-8,11-14,17H,1,9-10,15H2,2H3,(H,31,34)(H,30,32,35). The van der Waals surface area contributed by atoms with Gasteiger partial charge >= 0.3 is 0 Å². The summed E-state index contributed by atoms with van der Waals surface area (Å²) in [4.78, 5) is 35.5. The van der Waals surface area contributed by atoms with Gasteiger partial charge in [-0.15, -0.1) is 0 Å². The van der Waals surface area contributed by atoms with E-state index in [9.17, 15) is 18.4 Å². The van der Waals surface area contributed by atoms with Crippen LogP contribution in [0.1, 0.15) is 10.4 Å². The molecule has 2 aromatic rings. The van der Waals surface area contributed by atoms with Crippen LogP contribution in [0.15, 0.2) is 81.7 Å². The molecule has 0 spiro atoms. The van der Waals surface area contributed by atoms with Gasteiger partial charge in [0.05, 0.1) is 23.7 Å². The Morgan fingerprint density at radius 3 is 2.74 bits per heavy atom. The number of aliphatic imine (C=N–C) groups is 1. The summed E-state index contributed by atoms with van der Waals surface area (Å²) in [7, 11) is 1.88. The monoisotopic (exact) mass is 543 g/mol. The summed E-state index contributed by atoms with van der Waals surface area (Å²) in [5, 5.41) is 5.17. The van der Waals surface area contributed by atoms with Crippen molar-refractivity contribution in [2.45, 2.75) is 0 Å². The first-order valence-electron chi connectivity index (χ1n) is 10.7. The van der Waals surface area contributed by atoms with E-state index in [4.69, 9.17) is 0 Å². The lowest BCUT2D eigenvalue weighted by molar-refractivity contribution is -0.117. The van der Waals surface area contributed by atoms with Gasteiger partial charge in [-0.25, -0.2) is 13.8 Å². The normalized spacial score (nSPS) is 15.2. The number of allylic oxidation sites excluding steroid dienone is 2. The van der Waals surface area contributed by atoms with Crippen molar-refractivity contribution in [3.63, 3.8) is 0 Å². The average Bonchev–Trinajstić information content (AvgIpc) is 3.01. The van der Waals surface area contributed by atoms with Crippen molar-refractivity contribution >= 4 is 46.0 Å². The van der Waals surface area contributed by atoms with Crippen LogP contribution in [0.2, 0.25) is 0 Å². The van der Waals surface area contributed by atoms with Crippen LogP contribution in [0.5, 0.6) is 0 Å². The molecule has 0 saturated heterocycles. The van der Waals surface area contributed by atoms with Gasteiger partial charge in [-0.1, -0.05) is 12.2 Å². The fourth-order valence-corrected chi connectivity index (χ4v) is 3.52. The van der Waals surface area contributed by atoms with E-state index in [0.29, 0.717) is 25.2 Å². The maximum absolute atomic E-state index is 14.5. The molecule has 1 aromatic heterocycles. The van der Waals surface area contributed by atoms with Gasteiger partial charge in [-0.3, -0.25) is 14.6 Å². The minimum atomic E-state index is -0.932. The molecule has 1 unspecified atom stereocenters. The largest absolute Gasteiger partial charge is 0.325 e. The van der Waals surface area contributed by atoms with E-state index < -0.39 is 29.4 Å². The number of hydrogen-bond acceptors (Lipinski definition) is 5. The number of hydrogen-bond donors (Lipinski definition) is 2. The third-order valence-electron chi connectivity index (χ3n) is 5.03. The maximum atomic E-state index is 14.5. The summed E-state index contributed by atoms with van der Waals surface area (Å²) in [6.07, 6.45) is 7.30. The minimum Gasteiger partial charge on any atom is -0.325 e. The number of rotatable bonds is 9. The van der Waals surface area contributed by atoms with Crippen molar-refractivity contribution in [3.8, 4) is 0 Å². The van der Waals surface area contributed by atoms with Gasteiger partial charge in [-0.2, -0.15) is 0 Å². The van der Waals surface area contributed by atoms with E-state index in [-0.39, 0.29) is 17.1 Å². The molecule has 1 aliphatic carbocycles. The molecule has 2 amide bonds. The molecule has 1 atom stereocenters. The van der Waals surface area contributed by atoms with Crippen LogP contribution in [-0.2, 0) is 4.79 Å². The number of aromatic nitrogens is 1. The Hall–Kier alpha value is -3.50. The number of pyridine rings is 1. The zero-order valence-corrected chi connectivity index (χ0v) is 20.6. The summed E-state index contributed by atoms with van der Waals surface area (Å²) < 4.78 is 29.1. The van der Waals surface area contributed by atoms with Crippen molar-refractivity contribution < 1.29 is 18.4 Å². The number of carbonyl (C=O) groups excluding carboxylic acids is 2. The zero-order valence-electron chi connectivity index (χ0n) is 19.0. The van der Waals surface area contributed by atoms with E-state index >= 15 is 0 Å². The van der Waals surface area contributed by atoms with Crippen molar-refractivity contribution in [2.24, 2.45) is 10.9 Å². The maximum Gasteiger partial charge on any atom is 0.259 e. The zero-order chi connectivity index (χ0) is 25.4. The lowest BCUT2D eigenvalue weighted by Crippen LogP contribution is -2.24. The third kappa shape index (κ3) is 7.76. The topological polar surface area (TPSA) is 86.7 Å². The number of benzene rings is 1. The Kier molecular flexibility index (Phi) is 9.16. The number of nitrogens with zero attached hydrogens (tertiary/aromatic N) is 3. The van der Waals surface area contributed by atoms with Crippen LogP contribution >= 0.6 is 15.9 Å². The van der Waals surface area contributed by atoms with Gasteiger partial charge in [0, 0.05) is 23.8 Å². The van der Waals surface area contributed by atoms with Gasteiger partial charge in [0.25, 0.3) is 5.91 Å². The Labute approximate surface area is 210 Å². The van der Waals surface area contributed by atoms with E-state index in [1.807, 2.05) is 11.9 Å². The van der Waals surface area contributed by atoms with E-state index in [2.05, 4.69) is 43.3 Å². The molecule has 10 heteroatoms. The van der Waals surface area contributed by atoms with Crippen molar-refractivity contribution in [3.05, 3.63) is 88.1 Å². The van der Waals surface area contributed by atoms with E-state index in [1.54, 1.807) is 24.3 Å². The van der Waals surface area contributed by atoms with Crippen LogP contribution < -0.4 is 10.6 Å². The Morgan fingerprint density at radius 2 is 2.03 bits per heavy atom. The second-order valence-corrected chi connectivity index (χ2v) is 8.75.